The summed E-state index contributed by atoms with van der Waals surface area (Å²) in [6, 6.07) is 19.7. The van der Waals surface area contributed by atoms with E-state index in [1.54, 1.807) is 47.3 Å². The third-order valence-corrected chi connectivity index (χ3v) is 4.55. The van der Waals surface area contributed by atoms with Gasteiger partial charge in [-0.2, -0.15) is 5.10 Å². The molecule has 0 aliphatic heterocycles. The molecular weight excluding hydrogens is 298 g/mol. The number of benzene rings is 2. The minimum absolute atomic E-state index is 0.225. The zero-order valence-corrected chi connectivity index (χ0v) is 12.6. The van der Waals surface area contributed by atoms with E-state index in [-0.39, 0.29) is 4.90 Å². The summed E-state index contributed by atoms with van der Waals surface area (Å²) in [7, 11) is -3.61. The standard InChI is InChI=1S/C16H15N3O2S/c20-22(21,15-9-5-2-6-10-15)18-16-11-12-17-19(16)13-14-7-3-1-4-8-14/h1-12,18H,13H2. The number of anilines is 1. The van der Waals surface area contributed by atoms with Crippen molar-refractivity contribution in [3.05, 3.63) is 78.5 Å². The molecule has 0 aliphatic rings. The summed E-state index contributed by atoms with van der Waals surface area (Å²) in [5.74, 6) is 0.438. The maximum atomic E-state index is 12.4. The van der Waals surface area contributed by atoms with Crippen molar-refractivity contribution in [3.63, 3.8) is 0 Å². The summed E-state index contributed by atoms with van der Waals surface area (Å²) in [6.07, 6.45) is 1.58. The lowest BCUT2D eigenvalue weighted by Crippen LogP contribution is -2.16. The van der Waals surface area contributed by atoms with Gasteiger partial charge in [0.15, 0.2) is 0 Å². The zero-order chi connectivity index (χ0) is 15.4. The summed E-state index contributed by atoms with van der Waals surface area (Å²) >= 11 is 0. The van der Waals surface area contributed by atoms with Crippen molar-refractivity contribution in [2.75, 3.05) is 4.72 Å². The molecule has 0 spiro atoms. The summed E-state index contributed by atoms with van der Waals surface area (Å²) < 4.78 is 28.9. The molecule has 6 heteroatoms. The predicted molar refractivity (Wildman–Crippen MR) is 85.0 cm³/mol. The summed E-state index contributed by atoms with van der Waals surface area (Å²) in [6.45, 7) is 0.500. The molecule has 0 saturated carbocycles. The third kappa shape index (κ3) is 3.17. The van der Waals surface area contributed by atoms with E-state index in [2.05, 4.69) is 9.82 Å². The van der Waals surface area contributed by atoms with Gasteiger partial charge in [0.25, 0.3) is 10.0 Å². The highest BCUT2D eigenvalue weighted by Crippen LogP contribution is 2.16. The molecule has 3 rings (SSSR count). The van der Waals surface area contributed by atoms with Gasteiger partial charge in [0.2, 0.25) is 0 Å². The molecule has 112 valence electrons. The Morgan fingerprint density at radius 2 is 1.55 bits per heavy atom. The van der Waals surface area contributed by atoms with Crippen molar-refractivity contribution >= 4 is 15.8 Å². The number of sulfonamides is 1. The van der Waals surface area contributed by atoms with Crippen LogP contribution in [-0.4, -0.2) is 18.2 Å². The van der Waals surface area contributed by atoms with Crippen LogP contribution >= 0.6 is 0 Å². The van der Waals surface area contributed by atoms with Crippen LogP contribution in [0.1, 0.15) is 5.56 Å². The first-order valence-electron chi connectivity index (χ1n) is 6.79. The van der Waals surface area contributed by atoms with E-state index < -0.39 is 10.0 Å². The molecule has 0 saturated heterocycles. The molecule has 0 radical (unpaired) electrons. The minimum Gasteiger partial charge on any atom is -0.264 e. The van der Waals surface area contributed by atoms with E-state index in [4.69, 9.17) is 0 Å². The number of nitrogens with one attached hydrogen (secondary N) is 1. The quantitative estimate of drug-likeness (QED) is 0.787. The molecule has 0 bridgehead atoms. The topological polar surface area (TPSA) is 64.0 Å². The zero-order valence-electron chi connectivity index (χ0n) is 11.8. The van der Waals surface area contributed by atoms with Gasteiger partial charge in [0.1, 0.15) is 5.82 Å². The Hall–Kier alpha value is -2.60. The molecule has 3 aromatic rings. The first kappa shape index (κ1) is 14.3. The van der Waals surface area contributed by atoms with Gasteiger partial charge in [-0.25, -0.2) is 13.1 Å². The lowest BCUT2D eigenvalue weighted by atomic mass is 10.2. The molecule has 1 N–H and O–H groups in total. The Labute approximate surface area is 129 Å². The average Bonchev–Trinajstić information content (AvgIpc) is 2.95. The van der Waals surface area contributed by atoms with E-state index in [9.17, 15) is 8.42 Å². The maximum absolute atomic E-state index is 12.4. The van der Waals surface area contributed by atoms with Crippen molar-refractivity contribution in [1.82, 2.24) is 9.78 Å². The van der Waals surface area contributed by atoms with Crippen LogP contribution in [0.5, 0.6) is 0 Å². The van der Waals surface area contributed by atoms with Gasteiger partial charge in [-0.3, -0.25) is 4.72 Å². The normalized spacial score (nSPS) is 11.3. The van der Waals surface area contributed by atoms with Crippen LogP contribution in [-0.2, 0) is 16.6 Å². The molecule has 0 fully saturated rings. The Bertz CT molecular complexity index is 843. The maximum Gasteiger partial charge on any atom is 0.263 e. The number of nitrogens with zero attached hydrogens (tertiary/aromatic N) is 2. The Balaban J connectivity index is 1.84. The smallest absolute Gasteiger partial charge is 0.263 e. The molecule has 0 atom stereocenters. The highest BCUT2D eigenvalue weighted by Gasteiger charge is 2.15. The number of rotatable bonds is 5. The predicted octanol–water partition coefficient (Wildman–Crippen LogP) is 2.73. The van der Waals surface area contributed by atoms with E-state index in [1.807, 2.05) is 30.3 Å². The fraction of sp³-hybridized carbons (Fsp3) is 0.0625. The van der Waals surface area contributed by atoms with Crippen molar-refractivity contribution in [1.29, 1.82) is 0 Å². The summed E-state index contributed by atoms with van der Waals surface area (Å²) in [5.41, 5.74) is 1.05. The van der Waals surface area contributed by atoms with Crippen molar-refractivity contribution in [3.8, 4) is 0 Å². The van der Waals surface area contributed by atoms with Gasteiger partial charge >= 0.3 is 0 Å². The summed E-state index contributed by atoms with van der Waals surface area (Å²) in [4.78, 5) is 0.225. The molecular formula is C16H15N3O2S. The second kappa shape index (κ2) is 6.03. The van der Waals surface area contributed by atoms with Gasteiger partial charge in [0.05, 0.1) is 17.6 Å². The van der Waals surface area contributed by atoms with Crippen molar-refractivity contribution in [2.24, 2.45) is 0 Å². The van der Waals surface area contributed by atoms with Crippen LogP contribution < -0.4 is 4.72 Å². The van der Waals surface area contributed by atoms with Gasteiger partial charge < -0.3 is 0 Å². The van der Waals surface area contributed by atoms with Crippen molar-refractivity contribution in [2.45, 2.75) is 11.4 Å². The number of hydrogen-bond acceptors (Lipinski definition) is 3. The van der Waals surface area contributed by atoms with Crippen LogP contribution in [0, 0.1) is 0 Å². The lowest BCUT2D eigenvalue weighted by molar-refractivity contribution is 0.599. The SMILES string of the molecule is O=S(=O)(Nc1ccnn1Cc1ccccc1)c1ccccc1. The van der Waals surface area contributed by atoms with Crippen LogP contribution in [0.2, 0.25) is 0 Å². The van der Waals surface area contributed by atoms with Crippen LogP contribution in [0.4, 0.5) is 5.82 Å². The second-order valence-electron chi connectivity index (χ2n) is 4.78. The van der Waals surface area contributed by atoms with Gasteiger partial charge in [0, 0.05) is 6.07 Å². The third-order valence-electron chi connectivity index (χ3n) is 3.18. The number of aromatic nitrogens is 2. The Morgan fingerprint density at radius 1 is 0.909 bits per heavy atom. The molecule has 0 unspecified atom stereocenters. The van der Waals surface area contributed by atoms with E-state index in [0.29, 0.717) is 12.4 Å². The number of hydrogen-bond donors (Lipinski definition) is 1. The largest absolute Gasteiger partial charge is 0.264 e. The van der Waals surface area contributed by atoms with Crippen molar-refractivity contribution < 1.29 is 8.42 Å². The Morgan fingerprint density at radius 3 is 2.23 bits per heavy atom. The van der Waals surface area contributed by atoms with Crippen LogP contribution in [0.25, 0.3) is 0 Å². The first-order chi connectivity index (χ1) is 10.6. The minimum atomic E-state index is -3.61. The second-order valence-corrected chi connectivity index (χ2v) is 6.46. The monoisotopic (exact) mass is 313 g/mol. The lowest BCUT2D eigenvalue weighted by Gasteiger charge is -2.10. The van der Waals surface area contributed by atoms with E-state index in [1.165, 1.54) is 0 Å². The van der Waals surface area contributed by atoms with Gasteiger partial charge in [-0.15, -0.1) is 0 Å². The average molecular weight is 313 g/mol. The molecule has 0 aliphatic carbocycles. The van der Waals surface area contributed by atoms with Crippen LogP contribution in [0.15, 0.2) is 77.8 Å². The molecule has 5 nitrogen and oxygen atoms in total. The molecule has 2 aromatic carbocycles. The fourth-order valence-electron chi connectivity index (χ4n) is 2.10. The van der Waals surface area contributed by atoms with E-state index in [0.717, 1.165) is 5.56 Å². The van der Waals surface area contributed by atoms with Gasteiger partial charge in [-0.05, 0) is 17.7 Å². The molecule has 1 heterocycles. The Kier molecular flexibility index (Phi) is 3.93. The fourth-order valence-corrected chi connectivity index (χ4v) is 3.18. The first-order valence-corrected chi connectivity index (χ1v) is 8.27. The molecule has 0 amide bonds. The highest BCUT2D eigenvalue weighted by atomic mass is 32.2. The molecule has 1 aromatic heterocycles. The highest BCUT2D eigenvalue weighted by molar-refractivity contribution is 7.92. The van der Waals surface area contributed by atoms with Gasteiger partial charge in [-0.1, -0.05) is 48.5 Å². The molecule has 22 heavy (non-hydrogen) atoms. The summed E-state index contributed by atoms with van der Waals surface area (Å²) in [5, 5.41) is 4.18. The van der Waals surface area contributed by atoms with E-state index >= 15 is 0 Å². The van der Waals surface area contributed by atoms with Crippen LogP contribution in [0.3, 0.4) is 0 Å².